The van der Waals surface area contributed by atoms with Gasteiger partial charge in [0.15, 0.2) is 0 Å². The van der Waals surface area contributed by atoms with Gasteiger partial charge in [-0.1, -0.05) is 25.1 Å². The molecule has 1 N–H and O–H groups in total. The molecule has 1 aromatic carbocycles. The molecule has 78 valence electrons. The third-order valence-electron chi connectivity index (χ3n) is 1.46. The first kappa shape index (κ1) is 11.0. The van der Waals surface area contributed by atoms with Crippen molar-refractivity contribution in [3.63, 3.8) is 0 Å². The Labute approximate surface area is 84.2 Å². The number of benzene rings is 1. The Kier molecular flexibility index (Phi) is 3.91. The second kappa shape index (κ2) is 4.97. The molecule has 1 aromatic rings. The van der Waals surface area contributed by atoms with Crippen molar-refractivity contribution in [3.05, 3.63) is 30.3 Å². The first-order chi connectivity index (χ1) is 6.64. The zero-order valence-electron chi connectivity index (χ0n) is 7.93. The molecule has 0 saturated carbocycles. The standard InChI is InChI=1S/C9H13NO3S/c1-2-8-13-14(11,12)10-9-6-4-3-5-7-9/h3-7,10H,2,8H2,1H3. The van der Waals surface area contributed by atoms with E-state index in [-0.39, 0.29) is 6.61 Å². The van der Waals surface area contributed by atoms with Crippen LogP contribution >= 0.6 is 0 Å². The number of para-hydroxylation sites is 1. The third-order valence-corrected chi connectivity index (χ3v) is 2.42. The fourth-order valence-corrected chi connectivity index (χ4v) is 1.74. The molecule has 0 fully saturated rings. The van der Waals surface area contributed by atoms with Gasteiger partial charge in [0.1, 0.15) is 0 Å². The fourth-order valence-electron chi connectivity index (χ4n) is 0.873. The van der Waals surface area contributed by atoms with Gasteiger partial charge in [-0.05, 0) is 18.6 Å². The number of hydrogen-bond acceptors (Lipinski definition) is 3. The molecule has 0 aliphatic rings. The summed E-state index contributed by atoms with van der Waals surface area (Å²) in [5.74, 6) is 0. The lowest BCUT2D eigenvalue weighted by Gasteiger charge is -2.06. The lowest BCUT2D eigenvalue weighted by molar-refractivity contribution is 0.321. The van der Waals surface area contributed by atoms with Crippen LogP contribution in [-0.4, -0.2) is 15.0 Å². The van der Waals surface area contributed by atoms with Gasteiger partial charge in [0.2, 0.25) is 0 Å². The van der Waals surface area contributed by atoms with E-state index in [1.54, 1.807) is 24.3 Å². The van der Waals surface area contributed by atoms with Crippen molar-refractivity contribution in [3.8, 4) is 0 Å². The molecule has 4 nitrogen and oxygen atoms in total. The zero-order chi connectivity index (χ0) is 10.4. The van der Waals surface area contributed by atoms with Gasteiger partial charge in [-0.3, -0.25) is 8.91 Å². The van der Waals surface area contributed by atoms with Crippen molar-refractivity contribution >= 4 is 16.0 Å². The Morgan fingerprint density at radius 1 is 1.29 bits per heavy atom. The van der Waals surface area contributed by atoms with E-state index in [1.807, 2.05) is 13.0 Å². The van der Waals surface area contributed by atoms with E-state index in [2.05, 4.69) is 8.91 Å². The number of hydrogen-bond donors (Lipinski definition) is 1. The topological polar surface area (TPSA) is 55.4 Å². The van der Waals surface area contributed by atoms with Crippen LogP contribution in [0.2, 0.25) is 0 Å². The van der Waals surface area contributed by atoms with Gasteiger partial charge in [-0.15, -0.1) is 0 Å². The Bertz CT molecular complexity index is 361. The van der Waals surface area contributed by atoms with Gasteiger partial charge in [-0.25, -0.2) is 0 Å². The first-order valence-corrected chi connectivity index (χ1v) is 5.77. The van der Waals surface area contributed by atoms with E-state index in [1.165, 1.54) is 0 Å². The minimum atomic E-state index is -3.65. The molecular formula is C9H13NO3S. The minimum Gasteiger partial charge on any atom is -0.261 e. The number of anilines is 1. The highest BCUT2D eigenvalue weighted by Gasteiger charge is 2.08. The molecular weight excluding hydrogens is 202 g/mol. The molecule has 0 aliphatic heterocycles. The van der Waals surface area contributed by atoms with E-state index in [9.17, 15) is 8.42 Å². The van der Waals surface area contributed by atoms with Crippen molar-refractivity contribution in [1.29, 1.82) is 0 Å². The van der Waals surface area contributed by atoms with Crippen LogP contribution in [0.4, 0.5) is 5.69 Å². The Balaban J connectivity index is 2.60. The van der Waals surface area contributed by atoms with E-state index < -0.39 is 10.3 Å². The van der Waals surface area contributed by atoms with Crippen LogP contribution in [0.15, 0.2) is 30.3 Å². The molecule has 0 radical (unpaired) electrons. The second-order valence-electron chi connectivity index (χ2n) is 2.74. The molecule has 1 rings (SSSR count). The van der Waals surface area contributed by atoms with Gasteiger partial charge in [-0.2, -0.15) is 8.42 Å². The summed E-state index contributed by atoms with van der Waals surface area (Å²) >= 11 is 0. The van der Waals surface area contributed by atoms with Crippen LogP contribution in [0.3, 0.4) is 0 Å². The highest BCUT2D eigenvalue weighted by molar-refractivity contribution is 7.88. The quantitative estimate of drug-likeness (QED) is 0.814. The third kappa shape index (κ3) is 3.76. The highest BCUT2D eigenvalue weighted by atomic mass is 32.2. The largest absolute Gasteiger partial charge is 0.359 e. The normalized spacial score (nSPS) is 11.2. The van der Waals surface area contributed by atoms with Gasteiger partial charge >= 0.3 is 10.3 Å². The molecule has 0 bridgehead atoms. The van der Waals surface area contributed by atoms with Gasteiger partial charge in [0.25, 0.3) is 0 Å². The fraction of sp³-hybridized carbons (Fsp3) is 0.333. The lowest BCUT2D eigenvalue weighted by atomic mass is 10.3. The molecule has 0 aliphatic carbocycles. The summed E-state index contributed by atoms with van der Waals surface area (Å²) in [5.41, 5.74) is 0.503. The molecule has 0 aromatic heterocycles. The van der Waals surface area contributed by atoms with Crippen molar-refractivity contribution in [2.24, 2.45) is 0 Å². The molecule has 0 heterocycles. The monoisotopic (exact) mass is 215 g/mol. The second-order valence-corrected chi connectivity index (χ2v) is 4.09. The van der Waals surface area contributed by atoms with Crippen LogP contribution < -0.4 is 4.72 Å². The molecule has 0 spiro atoms. The Morgan fingerprint density at radius 2 is 1.93 bits per heavy atom. The average Bonchev–Trinajstić information content (AvgIpc) is 2.16. The summed E-state index contributed by atoms with van der Waals surface area (Å²) in [6.45, 7) is 2.04. The van der Waals surface area contributed by atoms with Crippen molar-refractivity contribution in [2.45, 2.75) is 13.3 Å². The summed E-state index contributed by atoms with van der Waals surface area (Å²) in [7, 11) is -3.65. The summed E-state index contributed by atoms with van der Waals surface area (Å²) in [6.07, 6.45) is 0.662. The van der Waals surface area contributed by atoms with E-state index in [0.29, 0.717) is 12.1 Å². The smallest absolute Gasteiger partial charge is 0.261 e. The molecule has 0 saturated heterocycles. The van der Waals surface area contributed by atoms with Crippen LogP contribution in [0.1, 0.15) is 13.3 Å². The molecule has 5 heteroatoms. The van der Waals surface area contributed by atoms with E-state index in [4.69, 9.17) is 0 Å². The van der Waals surface area contributed by atoms with Crippen molar-refractivity contribution in [2.75, 3.05) is 11.3 Å². The maximum atomic E-state index is 11.2. The van der Waals surface area contributed by atoms with Crippen LogP contribution in [0.25, 0.3) is 0 Å². The summed E-state index contributed by atoms with van der Waals surface area (Å²) in [5, 5.41) is 0. The predicted molar refractivity (Wildman–Crippen MR) is 55.2 cm³/mol. The minimum absolute atomic E-state index is 0.197. The number of rotatable bonds is 5. The van der Waals surface area contributed by atoms with Crippen LogP contribution in [0, 0.1) is 0 Å². The maximum Gasteiger partial charge on any atom is 0.359 e. The molecule has 0 atom stereocenters. The summed E-state index contributed by atoms with van der Waals surface area (Å²) < 4.78 is 29.4. The molecule has 0 amide bonds. The Hall–Kier alpha value is -1.07. The maximum absolute atomic E-state index is 11.2. The van der Waals surface area contributed by atoms with Crippen LogP contribution in [-0.2, 0) is 14.5 Å². The Morgan fingerprint density at radius 3 is 2.50 bits per heavy atom. The molecule has 14 heavy (non-hydrogen) atoms. The van der Waals surface area contributed by atoms with Crippen molar-refractivity contribution in [1.82, 2.24) is 0 Å². The first-order valence-electron chi connectivity index (χ1n) is 4.36. The summed E-state index contributed by atoms with van der Waals surface area (Å²) in [6, 6.07) is 8.62. The van der Waals surface area contributed by atoms with Gasteiger partial charge in [0, 0.05) is 0 Å². The van der Waals surface area contributed by atoms with Gasteiger partial charge in [0.05, 0.1) is 12.3 Å². The van der Waals surface area contributed by atoms with E-state index in [0.717, 1.165) is 0 Å². The summed E-state index contributed by atoms with van der Waals surface area (Å²) in [4.78, 5) is 0. The SMILES string of the molecule is CCCOS(=O)(=O)Nc1ccccc1. The van der Waals surface area contributed by atoms with Crippen LogP contribution in [0.5, 0.6) is 0 Å². The lowest BCUT2D eigenvalue weighted by Crippen LogP contribution is -2.16. The van der Waals surface area contributed by atoms with Gasteiger partial charge < -0.3 is 0 Å². The molecule has 0 unspecified atom stereocenters. The van der Waals surface area contributed by atoms with Crippen molar-refractivity contribution < 1.29 is 12.6 Å². The van der Waals surface area contributed by atoms with E-state index >= 15 is 0 Å². The zero-order valence-corrected chi connectivity index (χ0v) is 8.75. The predicted octanol–water partition coefficient (Wildman–Crippen LogP) is 1.77. The average molecular weight is 215 g/mol. The number of nitrogens with one attached hydrogen (secondary N) is 1. The highest BCUT2D eigenvalue weighted by Crippen LogP contribution is 2.08.